The predicted molar refractivity (Wildman–Crippen MR) is 79.9 cm³/mol. The Labute approximate surface area is 116 Å². The maximum absolute atomic E-state index is 11.5. The Morgan fingerprint density at radius 2 is 1.79 bits per heavy atom. The average Bonchev–Trinajstić information content (AvgIpc) is 2.25. The monoisotopic (exact) mass is 260 g/mol. The average molecular weight is 260 g/mol. The molecule has 0 saturated carbocycles. The fourth-order valence-electron chi connectivity index (χ4n) is 1.74. The molecular formula is C17H24O2. The first-order valence-electron chi connectivity index (χ1n) is 6.76. The SMILES string of the molecule is CC(C)Cc1ccc(/C=C/C(=O)OC(C)(C)C)cc1. The minimum Gasteiger partial charge on any atom is -0.457 e. The molecule has 0 aliphatic heterocycles. The summed E-state index contributed by atoms with van der Waals surface area (Å²) < 4.78 is 5.21. The van der Waals surface area contributed by atoms with E-state index in [-0.39, 0.29) is 5.97 Å². The van der Waals surface area contributed by atoms with E-state index >= 15 is 0 Å². The van der Waals surface area contributed by atoms with Gasteiger partial charge in [0, 0.05) is 6.08 Å². The number of hydrogen-bond acceptors (Lipinski definition) is 2. The molecular weight excluding hydrogens is 236 g/mol. The van der Waals surface area contributed by atoms with Gasteiger partial charge in [-0.15, -0.1) is 0 Å². The van der Waals surface area contributed by atoms with Crippen LogP contribution in [0, 0.1) is 5.92 Å². The first-order chi connectivity index (χ1) is 8.76. The van der Waals surface area contributed by atoms with Crippen molar-refractivity contribution >= 4 is 12.0 Å². The standard InChI is InChI=1S/C17H24O2/c1-13(2)12-15-8-6-14(7-9-15)10-11-16(18)19-17(3,4)5/h6-11,13H,12H2,1-5H3/b11-10+. The van der Waals surface area contributed by atoms with Crippen molar-refractivity contribution in [3.05, 3.63) is 41.5 Å². The third-order valence-corrected chi connectivity index (χ3v) is 2.44. The molecule has 0 unspecified atom stereocenters. The lowest BCUT2D eigenvalue weighted by atomic mass is 10.0. The molecule has 0 bridgehead atoms. The normalized spacial score (nSPS) is 12.1. The summed E-state index contributed by atoms with van der Waals surface area (Å²) in [6.07, 6.45) is 4.34. The summed E-state index contributed by atoms with van der Waals surface area (Å²) in [5.41, 5.74) is 1.89. The number of carbonyl (C=O) groups excluding carboxylic acids is 1. The van der Waals surface area contributed by atoms with Crippen molar-refractivity contribution in [2.24, 2.45) is 5.92 Å². The summed E-state index contributed by atoms with van der Waals surface area (Å²) in [5.74, 6) is 0.349. The topological polar surface area (TPSA) is 26.3 Å². The van der Waals surface area contributed by atoms with E-state index in [0.717, 1.165) is 12.0 Å². The summed E-state index contributed by atoms with van der Waals surface area (Å²) in [4.78, 5) is 11.5. The Kier molecular flexibility index (Phi) is 5.34. The zero-order chi connectivity index (χ0) is 14.5. The van der Waals surface area contributed by atoms with Gasteiger partial charge in [-0.3, -0.25) is 0 Å². The molecule has 104 valence electrons. The molecule has 19 heavy (non-hydrogen) atoms. The lowest BCUT2D eigenvalue weighted by molar-refractivity contribution is -0.148. The Bertz CT molecular complexity index is 433. The number of rotatable bonds is 4. The molecule has 0 fully saturated rings. The van der Waals surface area contributed by atoms with Crippen molar-refractivity contribution < 1.29 is 9.53 Å². The Morgan fingerprint density at radius 1 is 1.21 bits per heavy atom. The first-order valence-corrected chi connectivity index (χ1v) is 6.76. The van der Waals surface area contributed by atoms with Gasteiger partial charge >= 0.3 is 5.97 Å². The van der Waals surface area contributed by atoms with Crippen LogP contribution < -0.4 is 0 Å². The van der Waals surface area contributed by atoms with Crippen LogP contribution in [0.4, 0.5) is 0 Å². The maximum atomic E-state index is 11.5. The highest BCUT2D eigenvalue weighted by atomic mass is 16.6. The third-order valence-electron chi connectivity index (χ3n) is 2.44. The van der Waals surface area contributed by atoms with Gasteiger partial charge in [0.25, 0.3) is 0 Å². The van der Waals surface area contributed by atoms with E-state index < -0.39 is 5.60 Å². The van der Waals surface area contributed by atoms with Crippen molar-refractivity contribution in [1.29, 1.82) is 0 Å². The van der Waals surface area contributed by atoms with Crippen LogP contribution >= 0.6 is 0 Å². The largest absolute Gasteiger partial charge is 0.457 e. The summed E-state index contributed by atoms with van der Waals surface area (Å²) in [6, 6.07) is 8.26. The van der Waals surface area contributed by atoms with Crippen molar-refractivity contribution in [2.75, 3.05) is 0 Å². The van der Waals surface area contributed by atoms with Gasteiger partial charge in [-0.25, -0.2) is 4.79 Å². The molecule has 1 rings (SSSR count). The fourth-order valence-corrected chi connectivity index (χ4v) is 1.74. The molecule has 0 atom stereocenters. The highest BCUT2D eigenvalue weighted by Gasteiger charge is 2.13. The molecule has 0 heterocycles. The quantitative estimate of drug-likeness (QED) is 0.598. The van der Waals surface area contributed by atoms with Crippen molar-refractivity contribution in [2.45, 2.75) is 46.6 Å². The number of carbonyl (C=O) groups is 1. The second kappa shape index (κ2) is 6.55. The lowest BCUT2D eigenvalue weighted by Crippen LogP contribution is -2.22. The van der Waals surface area contributed by atoms with Crippen LogP contribution in [-0.4, -0.2) is 11.6 Å². The van der Waals surface area contributed by atoms with Gasteiger partial charge in [0.05, 0.1) is 0 Å². The van der Waals surface area contributed by atoms with E-state index in [4.69, 9.17) is 4.74 Å². The van der Waals surface area contributed by atoms with Crippen molar-refractivity contribution in [3.8, 4) is 0 Å². The Morgan fingerprint density at radius 3 is 2.26 bits per heavy atom. The summed E-state index contributed by atoms with van der Waals surface area (Å²) in [6.45, 7) is 9.99. The van der Waals surface area contributed by atoms with Crippen LogP contribution in [0.1, 0.15) is 45.7 Å². The van der Waals surface area contributed by atoms with E-state index in [1.165, 1.54) is 11.6 Å². The molecule has 2 nitrogen and oxygen atoms in total. The number of hydrogen-bond donors (Lipinski definition) is 0. The number of esters is 1. The zero-order valence-electron chi connectivity index (χ0n) is 12.6. The molecule has 0 aliphatic rings. The van der Waals surface area contributed by atoms with Gasteiger partial charge in [0.1, 0.15) is 5.60 Å². The first kappa shape index (κ1) is 15.5. The van der Waals surface area contributed by atoms with E-state index in [0.29, 0.717) is 5.92 Å². The molecule has 2 heteroatoms. The van der Waals surface area contributed by atoms with Crippen LogP contribution in [0.25, 0.3) is 6.08 Å². The second-order valence-corrected chi connectivity index (χ2v) is 6.21. The molecule has 0 aliphatic carbocycles. The van der Waals surface area contributed by atoms with Gasteiger partial charge < -0.3 is 4.74 Å². The molecule has 0 N–H and O–H groups in total. The summed E-state index contributed by atoms with van der Waals surface area (Å²) in [5, 5.41) is 0. The zero-order valence-corrected chi connectivity index (χ0v) is 12.6. The molecule has 0 aromatic heterocycles. The molecule has 0 spiro atoms. The van der Waals surface area contributed by atoms with E-state index in [2.05, 4.69) is 26.0 Å². The molecule has 0 amide bonds. The predicted octanol–water partition coefficient (Wildman–Crippen LogP) is 4.24. The van der Waals surface area contributed by atoms with Crippen LogP contribution in [-0.2, 0) is 16.0 Å². The molecule has 0 radical (unpaired) electrons. The summed E-state index contributed by atoms with van der Waals surface area (Å²) in [7, 11) is 0. The van der Waals surface area contributed by atoms with Gasteiger partial charge in [-0.1, -0.05) is 38.1 Å². The number of benzene rings is 1. The van der Waals surface area contributed by atoms with Gasteiger partial charge in [0.2, 0.25) is 0 Å². The second-order valence-electron chi connectivity index (χ2n) is 6.21. The fraction of sp³-hybridized carbons (Fsp3) is 0.471. The smallest absolute Gasteiger partial charge is 0.331 e. The van der Waals surface area contributed by atoms with Crippen molar-refractivity contribution in [3.63, 3.8) is 0 Å². The number of ether oxygens (including phenoxy) is 1. The Hall–Kier alpha value is -1.57. The Balaban J connectivity index is 2.60. The minimum atomic E-state index is -0.442. The summed E-state index contributed by atoms with van der Waals surface area (Å²) >= 11 is 0. The van der Waals surface area contributed by atoms with Crippen molar-refractivity contribution in [1.82, 2.24) is 0 Å². The minimum absolute atomic E-state index is 0.307. The molecule has 1 aromatic rings. The van der Waals surface area contributed by atoms with E-state index in [1.807, 2.05) is 32.9 Å². The lowest BCUT2D eigenvalue weighted by Gasteiger charge is -2.17. The highest BCUT2D eigenvalue weighted by Crippen LogP contribution is 2.12. The van der Waals surface area contributed by atoms with Crippen LogP contribution in [0.3, 0.4) is 0 Å². The molecule has 1 aromatic carbocycles. The van der Waals surface area contributed by atoms with E-state index in [1.54, 1.807) is 6.08 Å². The highest BCUT2D eigenvalue weighted by molar-refractivity contribution is 5.87. The van der Waals surface area contributed by atoms with Gasteiger partial charge in [-0.2, -0.15) is 0 Å². The third kappa shape index (κ3) is 6.80. The molecule has 0 saturated heterocycles. The van der Waals surface area contributed by atoms with E-state index in [9.17, 15) is 4.79 Å². The van der Waals surface area contributed by atoms with Gasteiger partial charge in [-0.05, 0) is 50.3 Å². The van der Waals surface area contributed by atoms with Crippen LogP contribution in [0.15, 0.2) is 30.3 Å². The maximum Gasteiger partial charge on any atom is 0.331 e. The van der Waals surface area contributed by atoms with Crippen LogP contribution in [0.2, 0.25) is 0 Å². The van der Waals surface area contributed by atoms with Gasteiger partial charge in [0.15, 0.2) is 0 Å². The van der Waals surface area contributed by atoms with Crippen LogP contribution in [0.5, 0.6) is 0 Å².